The Hall–Kier alpha value is -2.05. The molecule has 6 nitrogen and oxygen atoms in total. The van der Waals surface area contributed by atoms with Gasteiger partial charge in [-0.2, -0.15) is 0 Å². The number of carbonyl (C=O) groups is 1. The summed E-state index contributed by atoms with van der Waals surface area (Å²) in [5.74, 6) is -0.310. The van der Waals surface area contributed by atoms with Crippen LogP contribution in [0.3, 0.4) is 0 Å². The summed E-state index contributed by atoms with van der Waals surface area (Å²) in [6.07, 6.45) is 2.38. The van der Waals surface area contributed by atoms with Gasteiger partial charge in [-0.15, -0.1) is 0 Å². The van der Waals surface area contributed by atoms with Gasteiger partial charge in [-0.25, -0.2) is 9.18 Å². The predicted molar refractivity (Wildman–Crippen MR) is 80.8 cm³/mol. The Kier molecular flexibility index (Phi) is 4.73. The number of piperazine rings is 1. The lowest BCUT2D eigenvalue weighted by Gasteiger charge is -2.37. The molecule has 0 aliphatic carbocycles. The van der Waals surface area contributed by atoms with Gasteiger partial charge >= 0.3 is 6.09 Å². The van der Waals surface area contributed by atoms with Gasteiger partial charge in [0.1, 0.15) is 11.3 Å². The number of hydrogen-bond donors (Lipinski definition) is 0. The second-order valence-corrected chi connectivity index (χ2v) is 6.13. The van der Waals surface area contributed by atoms with Crippen LogP contribution in [0.1, 0.15) is 20.8 Å². The molecule has 1 fully saturated rings. The van der Waals surface area contributed by atoms with Crippen molar-refractivity contribution in [2.24, 2.45) is 0 Å². The van der Waals surface area contributed by atoms with Crippen molar-refractivity contribution >= 4 is 11.8 Å². The largest absolute Gasteiger partial charge is 0.491 e. The minimum absolute atomic E-state index is 0.181. The number of methoxy groups -OCH3 is 1. The predicted octanol–water partition coefficient (Wildman–Crippen LogP) is 2.29. The molecular formula is C15H22FN3O3. The Morgan fingerprint density at radius 3 is 2.41 bits per heavy atom. The van der Waals surface area contributed by atoms with Crippen molar-refractivity contribution in [3.05, 3.63) is 18.2 Å². The topological polar surface area (TPSA) is 54.9 Å². The first-order valence-corrected chi connectivity index (χ1v) is 7.22. The van der Waals surface area contributed by atoms with E-state index in [0.29, 0.717) is 31.9 Å². The normalized spacial score (nSPS) is 15.7. The van der Waals surface area contributed by atoms with Crippen molar-refractivity contribution in [2.45, 2.75) is 26.4 Å². The number of hydrogen-bond acceptors (Lipinski definition) is 5. The molecular weight excluding hydrogens is 289 g/mol. The fourth-order valence-corrected chi connectivity index (χ4v) is 2.30. The summed E-state index contributed by atoms with van der Waals surface area (Å²) in [7, 11) is 1.43. The first kappa shape index (κ1) is 16.3. The van der Waals surface area contributed by atoms with E-state index in [1.54, 1.807) is 11.1 Å². The Bertz CT molecular complexity index is 537. The molecule has 1 aliphatic heterocycles. The van der Waals surface area contributed by atoms with Crippen molar-refractivity contribution in [3.8, 4) is 5.75 Å². The number of ether oxygens (including phenoxy) is 2. The molecule has 0 spiro atoms. The summed E-state index contributed by atoms with van der Waals surface area (Å²) in [6.45, 7) is 7.67. The van der Waals surface area contributed by atoms with Gasteiger partial charge in [-0.05, 0) is 20.8 Å². The van der Waals surface area contributed by atoms with Gasteiger partial charge < -0.3 is 19.3 Å². The highest BCUT2D eigenvalue weighted by atomic mass is 19.1. The summed E-state index contributed by atoms with van der Waals surface area (Å²) < 4.78 is 24.2. The first-order chi connectivity index (χ1) is 10.3. The molecule has 1 aliphatic rings. The maximum atomic E-state index is 13.7. The zero-order valence-electron chi connectivity index (χ0n) is 13.4. The monoisotopic (exact) mass is 311 g/mol. The fraction of sp³-hybridized carbons (Fsp3) is 0.600. The third-order valence-electron chi connectivity index (χ3n) is 3.31. The first-order valence-electron chi connectivity index (χ1n) is 7.22. The molecule has 1 saturated heterocycles. The van der Waals surface area contributed by atoms with E-state index < -0.39 is 11.4 Å². The zero-order chi connectivity index (χ0) is 16.3. The molecule has 22 heavy (non-hydrogen) atoms. The van der Waals surface area contributed by atoms with Gasteiger partial charge in [0, 0.05) is 26.2 Å². The van der Waals surface area contributed by atoms with Gasteiger partial charge in [-0.1, -0.05) is 0 Å². The van der Waals surface area contributed by atoms with Crippen LogP contribution in [0.4, 0.5) is 14.9 Å². The number of carbonyl (C=O) groups excluding carboxylic acids is 1. The number of amides is 1. The number of halogens is 1. The summed E-state index contributed by atoms with van der Waals surface area (Å²) in [4.78, 5) is 19.5. The molecule has 0 radical (unpaired) electrons. The van der Waals surface area contributed by atoms with Gasteiger partial charge in [0.25, 0.3) is 0 Å². The Labute approximate surface area is 129 Å². The van der Waals surface area contributed by atoms with E-state index in [9.17, 15) is 9.18 Å². The molecule has 1 aromatic heterocycles. The smallest absolute Gasteiger partial charge is 0.410 e. The fourth-order valence-electron chi connectivity index (χ4n) is 2.30. The second-order valence-electron chi connectivity index (χ2n) is 6.13. The summed E-state index contributed by atoms with van der Waals surface area (Å²) in [6, 6.07) is 0. The highest BCUT2D eigenvalue weighted by Crippen LogP contribution is 2.30. The zero-order valence-corrected chi connectivity index (χ0v) is 13.4. The molecule has 1 amide bonds. The molecule has 7 heteroatoms. The minimum atomic E-state index is -0.510. The lowest BCUT2D eigenvalue weighted by Crippen LogP contribution is -2.50. The maximum absolute atomic E-state index is 13.7. The third kappa shape index (κ3) is 3.78. The Morgan fingerprint density at radius 2 is 1.86 bits per heavy atom. The Morgan fingerprint density at radius 1 is 1.23 bits per heavy atom. The molecule has 122 valence electrons. The highest BCUT2D eigenvalue weighted by Gasteiger charge is 2.27. The number of nitrogens with zero attached hydrogens (tertiary/aromatic N) is 3. The van der Waals surface area contributed by atoms with Crippen molar-refractivity contribution in [1.29, 1.82) is 0 Å². The molecule has 0 atom stereocenters. The quantitative estimate of drug-likeness (QED) is 0.839. The molecule has 0 saturated carbocycles. The van der Waals surface area contributed by atoms with Crippen molar-refractivity contribution in [2.75, 3.05) is 38.2 Å². The van der Waals surface area contributed by atoms with Crippen LogP contribution in [0, 0.1) is 5.82 Å². The molecule has 1 aromatic rings. The van der Waals surface area contributed by atoms with Crippen LogP contribution in [-0.2, 0) is 4.74 Å². The molecule has 0 N–H and O–H groups in total. The highest BCUT2D eigenvalue weighted by molar-refractivity contribution is 5.69. The van der Waals surface area contributed by atoms with Crippen molar-refractivity contribution in [1.82, 2.24) is 9.88 Å². The van der Waals surface area contributed by atoms with Crippen LogP contribution in [0.2, 0.25) is 0 Å². The van der Waals surface area contributed by atoms with Crippen LogP contribution in [0.5, 0.6) is 5.75 Å². The average molecular weight is 311 g/mol. The standard InChI is InChI=1S/C15H22FN3O3/c1-15(2,3)22-14(20)19-7-5-18(6-8-19)12-10-17-9-11(16)13(12)21-4/h9-10H,5-8H2,1-4H3. The van der Waals surface area contributed by atoms with E-state index >= 15 is 0 Å². The van der Waals surface area contributed by atoms with Gasteiger partial charge in [-0.3, -0.25) is 4.98 Å². The summed E-state index contributed by atoms with van der Waals surface area (Å²) in [5, 5.41) is 0. The van der Waals surface area contributed by atoms with Crippen LogP contribution in [-0.4, -0.2) is 54.9 Å². The summed E-state index contributed by atoms with van der Waals surface area (Å²) >= 11 is 0. The van der Waals surface area contributed by atoms with Crippen molar-refractivity contribution < 1.29 is 18.7 Å². The molecule has 2 rings (SSSR count). The maximum Gasteiger partial charge on any atom is 0.410 e. The summed E-state index contributed by atoms with van der Waals surface area (Å²) in [5.41, 5.74) is 0.0931. The molecule has 0 bridgehead atoms. The number of aromatic nitrogens is 1. The lowest BCUT2D eigenvalue weighted by atomic mass is 10.2. The van der Waals surface area contributed by atoms with E-state index in [1.807, 2.05) is 25.7 Å². The Balaban J connectivity index is 2.01. The lowest BCUT2D eigenvalue weighted by molar-refractivity contribution is 0.0240. The molecule has 0 unspecified atom stereocenters. The van der Waals surface area contributed by atoms with Crippen LogP contribution >= 0.6 is 0 Å². The number of rotatable bonds is 2. The van der Waals surface area contributed by atoms with E-state index in [-0.39, 0.29) is 11.8 Å². The second kappa shape index (κ2) is 6.37. The van der Waals surface area contributed by atoms with Gasteiger partial charge in [0.05, 0.1) is 19.5 Å². The van der Waals surface area contributed by atoms with Gasteiger partial charge in [0.15, 0.2) is 11.6 Å². The van der Waals surface area contributed by atoms with Crippen LogP contribution in [0.25, 0.3) is 0 Å². The SMILES string of the molecule is COc1c(F)cncc1N1CCN(C(=O)OC(C)(C)C)CC1. The van der Waals surface area contributed by atoms with E-state index in [2.05, 4.69) is 4.98 Å². The third-order valence-corrected chi connectivity index (χ3v) is 3.31. The van der Waals surface area contributed by atoms with Gasteiger partial charge in [0.2, 0.25) is 0 Å². The minimum Gasteiger partial charge on any atom is -0.491 e. The average Bonchev–Trinajstić information content (AvgIpc) is 2.45. The van der Waals surface area contributed by atoms with E-state index in [0.717, 1.165) is 6.20 Å². The van der Waals surface area contributed by atoms with Crippen molar-refractivity contribution in [3.63, 3.8) is 0 Å². The van der Waals surface area contributed by atoms with Crippen LogP contribution < -0.4 is 9.64 Å². The number of pyridine rings is 1. The van der Waals surface area contributed by atoms with Crippen LogP contribution in [0.15, 0.2) is 12.4 Å². The molecule has 0 aromatic carbocycles. The number of anilines is 1. The van der Waals surface area contributed by atoms with E-state index in [1.165, 1.54) is 7.11 Å². The molecule has 2 heterocycles. The van der Waals surface area contributed by atoms with E-state index in [4.69, 9.17) is 9.47 Å².